The van der Waals surface area contributed by atoms with Crippen LogP contribution in [0.15, 0.2) is 30.3 Å². The summed E-state index contributed by atoms with van der Waals surface area (Å²) in [5, 5.41) is 0. The van der Waals surface area contributed by atoms with Gasteiger partial charge in [0.1, 0.15) is 0 Å². The van der Waals surface area contributed by atoms with E-state index in [1.54, 1.807) is 47.1 Å². The normalized spacial score (nSPS) is 14.8. The van der Waals surface area contributed by atoms with Gasteiger partial charge in [0.05, 0.1) is 18.6 Å². The summed E-state index contributed by atoms with van der Waals surface area (Å²) in [5.41, 5.74) is 0.537. The standard InChI is InChI=1S/C17H25N3O5S/c1-3-25-17(22)19-13-11-18(12-14-19)16(21)9-10-20(26(2,23)24)15-7-5-4-6-8-15/h4-8H,3,9-14H2,1-2H3. The maximum Gasteiger partial charge on any atom is 0.409 e. The van der Waals surface area contributed by atoms with E-state index in [4.69, 9.17) is 4.74 Å². The number of carbonyl (C=O) groups is 2. The average Bonchev–Trinajstić information content (AvgIpc) is 2.62. The van der Waals surface area contributed by atoms with Gasteiger partial charge in [0, 0.05) is 39.1 Å². The Bertz CT molecular complexity index is 715. The van der Waals surface area contributed by atoms with Gasteiger partial charge in [-0.1, -0.05) is 18.2 Å². The number of hydrogen-bond donors (Lipinski definition) is 0. The number of benzene rings is 1. The molecule has 0 radical (unpaired) electrons. The van der Waals surface area contributed by atoms with Crippen LogP contribution in [0.5, 0.6) is 0 Å². The van der Waals surface area contributed by atoms with E-state index >= 15 is 0 Å². The van der Waals surface area contributed by atoms with E-state index in [9.17, 15) is 18.0 Å². The second kappa shape index (κ2) is 8.88. The molecule has 26 heavy (non-hydrogen) atoms. The summed E-state index contributed by atoms with van der Waals surface area (Å²) in [6.45, 7) is 3.82. The molecular formula is C17H25N3O5S. The van der Waals surface area contributed by atoms with Gasteiger partial charge in [0.15, 0.2) is 0 Å². The zero-order valence-electron chi connectivity index (χ0n) is 15.1. The second-order valence-corrected chi connectivity index (χ2v) is 7.89. The molecule has 8 nitrogen and oxygen atoms in total. The van der Waals surface area contributed by atoms with Gasteiger partial charge >= 0.3 is 6.09 Å². The number of para-hydroxylation sites is 1. The Morgan fingerprint density at radius 1 is 1.08 bits per heavy atom. The molecule has 1 aliphatic heterocycles. The Morgan fingerprint density at radius 3 is 2.19 bits per heavy atom. The summed E-state index contributed by atoms with van der Waals surface area (Å²) < 4.78 is 30.3. The first-order chi connectivity index (χ1) is 12.3. The number of sulfonamides is 1. The van der Waals surface area contributed by atoms with Crippen LogP contribution in [0.25, 0.3) is 0 Å². The quantitative estimate of drug-likeness (QED) is 0.735. The van der Waals surface area contributed by atoms with E-state index in [0.717, 1.165) is 6.26 Å². The monoisotopic (exact) mass is 383 g/mol. The highest BCUT2D eigenvalue weighted by molar-refractivity contribution is 7.92. The van der Waals surface area contributed by atoms with Gasteiger partial charge in [-0.05, 0) is 19.1 Å². The molecule has 1 saturated heterocycles. The van der Waals surface area contributed by atoms with Crippen LogP contribution in [0, 0.1) is 0 Å². The molecule has 0 aliphatic carbocycles. The SMILES string of the molecule is CCOC(=O)N1CCN(C(=O)CCN(c2ccccc2)S(C)(=O)=O)CC1. The molecule has 1 aromatic carbocycles. The largest absolute Gasteiger partial charge is 0.450 e. The van der Waals surface area contributed by atoms with Crippen LogP contribution in [0.3, 0.4) is 0 Å². The van der Waals surface area contributed by atoms with Crippen molar-refractivity contribution >= 4 is 27.7 Å². The highest BCUT2D eigenvalue weighted by atomic mass is 32.2. The zero-order chi connectivity index (χ0) is 19.2. The molecule has 0 aromatic heterocycles. The first-order valence-corrected chi connectivity index (χ1v) is 10.4. The molecule has 1 aromatic rings. The molecular weight excluding hydrogens is 358 g/mol. The first kappa shape index (κ1) is 20.0. The minimum Gasteiger partial charge on any atom is -0.450 e. The lowest BCUT2D eigenvalue weighted by Gasteiger charge is -2.34. The van der Waals surface area contributed by atoms with Gasteiger partial charge in [0.2, 0.25) is 15.9 Å². The summed E-state index contributed by atoms with van der Waals surface area (Å²) >= 11 is 0. The van der Waals surface area contributed by atoms with Crippen LogP contribution in [0.4, 0.5) is 10.5 Å². The van der Waals surface area contributed by atoms with Crippen molar-refractivity contribution in [1.82, 2.24) is 9.80 Å². The minimum absolute atomic E-state index is 0.0831. The van der Waals surface area contributed by atoms with E-state index in [1.165, 1.54) is 4.31 Å². The van der Waals surface area contributed by atoms with Gasteiger partial charge in [-0.3, -0.25) is 9.10 Å². The molecule has 1 heterocycles. The molecule has 0 saturated carbocycles. The van der Waals surface area contributed by atoms with Crippen molar-refractivity contribution in [2.45, 2.75) is 13.3 Å². The van der Waals surface area contributed by atoms with Crippen molar-refractivity contribution in [1.29, 1.82) is 0 Å². The van der Waals surface area contributed by atoms with Crippen LogP contribution in [0.1, 0.15) is 13.3 Å². The van der Waals surface area contributed by atoms with Crippen LogP contribution in [-0.2, 0) is 19.6 Å². The second-order valence-electron chi connectivity index (χ2n) is 5.99. The molecule has 0 atom stereocenters. The summed E-state index contributed by atoms with van der Waals surface area (Å²) in [6.07, 6.45) is 0.844. The summed E-state index contributed by atoms with van der Waals surface area (Å²) in [6, 6.07) is 8.71. The number of ether oxygens (including phenoxy) is 1. The maximum absolute atomic E-state index is 12.4. The first-order valence-electron chi connectivity index (χ1n) is 8.55. The molecule has 0 bridgehead atoms. The highest BCUT2D eigenvalue weighted by Gasteiger charge is 2.26. The highest BCUT2D eigenvalue weighted by Crippen LogP contribution is 2.17. The van der Waals surface area contributed by atoms with Crippen LogP contribution in [-0.4, -0.2) is 75.8 Å². The van der Waals surface area contributed by atoms with Gasteiger partial charge < -0.3 is 14.5 Å². The van der Waals surface area contributed by atoms with E-state index in [-0.39, 0.29) is 25.0 Å². The number of hydrogen-bond acceptors (Lipinski definition) is 5. The molecule has 1 fully saturated rings. The molecule has 2 amide bonds. The van der Waals surface area contributed by atoms with E-state index in [1.807, 2.05) is 0 Å². The van der Waals surface area contributed by atoms with Crippen molar-refractivity contribution in [2.24, 2.45) is 0 Å². The Hall–Kier alpha value is -2.29. The van der Waals surface area contributed by atoms with Crippen molar-refractivity contribution in [3.8, 4) is 0 Å². The van der Waals surface area contributed by atoms with Crippen molar-refractivity contribution < 1.29 is 22.7 Å². The Labute approximate surface area is 154 Å². The fraction of sp³-hybridized carbons (Fsp3) is 0.529. The molecule has 144 valence electrons. The number of rotatable bonds is 6. The lowest BCUT2D eigenvalue weighted by atomic mass is 10.2. The van der Waals surface area contributed by atoms with E-state index < -0.39 is 10.0 Å². The summed E-state index contributed by atoms with van der Waals surface area (Å²) in [4.78, 5) is 27.3. The van der Waals surface area contributed by atoms with Gasteiger partial charge in [-0.2, -0.15) is 0 Å². The number of anilines is 1. The number of nitrogens with zero attached hydrogens (tertiary/aromatic N) is 3. The minimum atomic E-state index is -3.48. The van der Waals surface area contributed by atoms with Gasteiger partial charge in [-0.15, -0.1) is 0 Å². The number of amides is 2. The predicted molar refractivity (Wildman–Crippen MR) is 98.4 cm³/mol. The van der Waals surface area contributed by atoms with Crippen LogP contribution < -0.4 is 4.31 Å². The molecule has 2 rings (SSSR count). The lowest BCUT2D eigenvalue weighted by molar-refractivity contribution is -0.132. The molecule has 9 heteroatoms. The van der Waals surface area contributed by atoms with Gasteiger partial charge in [0.25, 0.3) is 0 Å². The van der Waals surface area contributed by atoms with E-state index in [2.05, 4.69) is 0 Å². The molecule has 0 spiro atoms. The molecule has 1 aliphatic rings. The predicted octanol–water partition coefficient (Wildman–Crippen LogP) is 1.14. The smallest absolute Gasteiger partial charge is 0.409 e. The zero-order valence-corrected chi connectivity index (χ0v) is 15.9. The van der Waals surface area contributed by atoms with Crippen molar-refractivity contribution in [2.75, 3.05) is 49.9 Å². The maximum atomic E-state index is 12.4. The lowest BCUT2D eigenvalue weighted by Crippen LogP contribution is -2.51. The number of carbonyl (C=O) groups excluding carboxylic acids is 2. The van der Waals surface area contributed by atoms with E-state index in [0.29, 0.717) is 38.5 Å². The van der Waals surface area contributed by atoms with Crippen LogP contribution >= 0.6 is 0 Å². The van der Waals surface area contributed by atoms with Gasteiger partial charge in [-0.25, -0.2) is 13.2 Å². The summed E-state index contributed by atoms with van der Waals surface area (Å²) in [5.74, 6) is -0.127. The average molecular weight is 383 g/mol. The van der Waals surface area contributed by atoms with Crippen molar-refractivity contribution in [3.05, 3.63) is 30.3 Å². The third-order valence-electron chi connectivity index (χ3n) is 4.13. The summed E-state index contributed by atoms with van der Waals surface area (Å²) in [7, 11) is -3.48. The van der Waals surface area contributed by atoms with Crippen molar-refractivity contribution in [3.63, 3.8) is 0 Å². The van der Waals surface area contributed by atoms with Crippen LogP contribution in [0.2, 0.25) is 0 Å². The fourth-order valence-electron chi connectivity index (χ4n) is 2.79. The Balaban J connectivity index is 1.90. The Morgan fingerprint density at radius 2 is 1.65 bits per heavy atom. The molecule has 0 N–H and O–H groups in total. The third kappa shape index (κ3) is 5.35. The Kier molecular flexibility index (Phi) is 6.84. The fourth-order valence-corrected chi connectivity index (χ4v) is 3.72. The number of piperazine rings is 1. The third-order valence-corrected chi connectivity index (χ3v) is 5.33. The topological polar surface area (TPSA) is 87.2 Å². The molecule has 0 unspecified atom stereocenters.